The second kappa shape index (κ2) is 4.80. The van der Waals surface area contributed by atoms with Crippen LogP contribution in [-0.2, 0) is 9.53 Å². The van der Waals surface area contributed by atoms with Gasteiger partial charge in [0.2, 0.25) is 0 Å². The van der Waals surface area contributed by atoms with E-state index in [-0.39, 0.29) is 6.03 Å². The molecule has 1 fully saturated rings. The van der Waals surface area contributed by atoms with Crippen LogP contribution in [-0.4, -0.2) is 54.4 Å². The Morgan fingerprint density at radius 3 is 2.50 bits per heavy atom. The smallest absolute Gasteiger partial charge is 0.325 e. The molecule has 80 valence electrons. The number of carboxylic acids is 1. The minimum absolute atomic E-state index is 0.344. The summed E-state index contributed by atoms with van der Waals surface area (Å²) in [5.74, 6) is -1.04. The van der Waals surface area contributed by atoms with Gasteiger partial charge in [-0.2, -0.15) is 0 Å². The lowest BCUT2D eigenvalue weighted by atomic mass is 10.3. The number of morpholine rings is 1. The summed E-state index contributed by atoms with van der Waals surface area (Å²) in [5.41, 5.74) is 0. The van der Waals surface area contributed by atoms with Crippen LogP contribution in [0.3, 0.4) is 0 Å². The Hall–Kier alpha value is -1.30. The number of ether oxygens (including phenoxy) is 1. The zero-order chi connectivity index (χ0) is 10.6. The zero-order valence-electron chi connectivity index (χ0n) is 8.02. The number of hydrogen-bond donors (Lipinski definition) is 2. The van der Waals surface area contributed by atoms with Gasteiger partial charge in [-0.25, -0.2) is 4.79 Å². The van der Waals surface area contributed by atoms with Crippen molar-refractivity contribution in [1.82, 2.24) is 10.2 Å². The third-order valence-corrected chi connectivity index (χ3v) is 2.01. The van der Waals surface area contributed by atoms with Crippen LogP contribution < -0.4 is 5.32 Å². The summed E-state index contributed by atoms with van der Waals surface area (Å²) in [6.07, 6.45) is 0. The molecular formula is C8H14N2O4. The van der Waals surface area contributed by atoms with Crippen LogP contribution in [0, 0.1) is 0 Å². The van der Waals surface area contributed by atoms with E-state index in [9.17, 15) is 9.59 Å². The van der Waals surface area contributed by atoms with Crippen molar-refractivity contribution in [3.8, 4) is 0 Å². The van der Waals surface area contributed by atoms with Gasteiger partial charge in [0.25, 0.3) is 0 Å². The first-order chi connectivity index (χ1) is 6.61. The molecule has 0 aromatic rings. The summed E-state index contributed by atoms with van der Waals surface area (Å²) in [4.78, 5) is 23.4. The maximum atomic E-state index is 11.4. The fourth-order valence-electron chi connectivity index (χ4n) is 1.10. The maximum Gasteiger partial charge on any atom is 0.325 e. The number of carbonyl (C=O) groups excluding carboxylic acids is 1. The molecule has 14 heavy (non-hydrogen) atoms. The van der Waals surface area contributed by atoms with E-state index in [1.54, 1.807) is 4.90 Å². The highest BCUT2D eigenvalue weighted by molar-refractivity contribution is 5.82. The topological polar surface area (TPSA) is 78.9 Å². The molecule has 1 aliphatic rings. The van der Waals surface area contributed by atoms with Gasteiger partial charge in [0.1, 0.15) is 6.04 Å². The van der Waals surface area contributed by atoms with E-state index in [1.165, 1.54) is 6.92 Å². The molecule has 0 bridgehead atoms. The van der Waals surface area contributed by atoms with Crippen LogP contribution in [0.4, 0.5) is 4.79 Å². The predicted molar refractivity (Wildman–Crippen MR) is 48.0 cm³/mol. The van der Waals surface area contributed by atoms with Gasteiger partial charge in [0.05, 0.1) is 13.2 Å². The van der Waals surface area contributed by atoms with Crippen LogP contribution in [0.15, 0.2) is 0 Å². The molecule has 1 atom stereocenters. The van der Waals surface area contributed by atoms with Gasteiger partial charge in [-0.3, -0.25) is 4.79 Å². The molecule has 0 aromatic carbocycles. The molecule has 6 nitrogen and oxygen atoms in total. The molecule has 0 spiro atoms. The van der Waals surface area contributed by atoms with Crippen molar-refractivity contribution in [3.05, 3.63) is 0 Å². The Morgan fingerprint density at radius 2 is 2.00 bits per heavy atom. The van der Waals surface area contributed by atoms with E-state index in [0.29, 0.717) is 26.3 Å². The van der Waals surface area contributed by atoms with Gasteiger partial charge in [0, 0.05) is 13.1 Å². The highest BCUT2D eigenvalue weighted by Gasteiger charge is 2.20. The van der Waals surface area contributed by atoms with Gasteiger partial charge in [-0.1, -0.05) is 0 Å². The number of nitrogens with one attached hydrogen (secondary N) is 1. The molecule has 0 unspecified atom stereocenters. The number of carbonyl (C=O) groups is 2. The first-order valence-electron chi connectivity index (χ1n) is 4.47. The van der Waals surface area contributed by atoms with E-state index in [0.717, 1.165) is 0 Å². The van der Waals surface area contributed by atoms with Gasteiger partial charge >= 0.3 is 12.0 Å². The summed E-state index contributed by atoms with van der Waals surface area (Å²) >= 11 is 0. The van der Waals surface area contributed by atoms with Crippen LogP contribution in [0.25, 0.3) is 0 Å². The number of hydrogen-bond acceptors (Lipinski definition) is 3. The number of urea groups is 1. The van der Waals surface area contributed by atoms with Crippen LogP contribution in [0.2, 0.25) is 0 Å². The normalized spacial score (nSPS) is 18.8. The van der Waals surface area contributed by atoms with E-state index >= 15 is 0 Å². The Morgan fingerprint density at radius 1 is 1.43 bits per heavy atom. The molecule has 0 radical (unpaired) electrons. The summed E-state index contributed by atoms with van der Waals surface area (Å²) in [6.45, 7) is 3.47. The molecule has 0 aliphatic carbocycles. The fourth-order valence-corrected chi connectivity index (χ4v) is 1.10. The number of nitrogens with zero attached hydrogens (tertiary/aromatic N) is 1. The lowest BCUT2D eigenvalue weighted by Crippen LogP contribution is -2.50. The standard InChI is InChI=1S/C8H14N2O4/c1-6(7(11)12)9-8(13)10-2-4-14-5-3-10/h6H,2-5H2,1H3,(H,9,13)(H,11,12)/t6-/m0/s1. The first-order valence-corrected chi connectivity index (χ1v) is 4.47. The molecule has 0 saturated carbocycles. The monoisotopic (exact) mass is 202 g/mol. The Labute approximate surface area is 81.8 Å². The lowest BCUT2D eigenvalue weighted by Gasteiger charge is -2.27. The quantitative estimate of drug-likeness (QED) is 0.632. The van der Waals surface area contributed by atoms with Crippen LogP contribution in [0.5, 0.6) is 0 Å². The van der Waals surface area contributed by atoms with Gasteiger partial charge < -0.3 is 20.1 Å². The van der Waals surface area contributed by atoms with Crippen LogP contribution >= 0.6 is 0 Å². The van der Waals surface area contributed by atoms with E-state index in [1.807, 2.05) is 0 Å². The van der Waals surface area contributed by atoms with E-state index in [2.05, 4.69) is 5.32 Å². The Balaban J connectivity index is 2.36. The molecule has 2 N–H and O–H groups in total. The summed E-state index contributed by atoms with van der Waals surface area (Å²) in [7, 11) is 0. The number of aliphatic carboxylic acids is 1. The third kappa shape index (κ3) is 2.88. The van der Waals surface area contributed by atoms with Crippen molar-refractivity contribution in [2.45, 2.75) is 13.0 Å². The van der Waals surface area contributed by atoms with Crippen molar-refractivity contribution in [2.75, 3.05) is 26.3 Å². The lowest BCUT2D eigenvalue weighted by molar-refractivity contribution is -0.138. The SMILES string of the molecule is C[C@H](NC(=O)N1CCOCC1)C(=O)O. The first kappa shape index (κ1) is 10.8. The van der Waals surface area contributed by atoms with Gasteiger partial charge in [0.15, 0.2) is 0 Å². The van der Waals surface area contributed by atoms with Crippen molar-refractivity contribution >= 4 is 12.0 Å². The van der Waals surface area contributed by atoms with Gasteiger partial charge in [-0.05, 0) is 6.92 Å². The molecule has 2 amide bonds. The molecular weight excluding hydrogens is 188 g/mol. The van der Waals surface area contributed by atoms with Crippen molar-refractivity contribution in [2.24, 2.45) is 0 Å². The fraction of sp³-hybridized carbons (Fsp3) is 0.750. The highest BCUT2D eigenvalue weighted by Crippen LogP contribution is 1.97. The molecule has 1 saturated heterocycles. The van der Waals surface area contributed by atoms with Crippen LogP contribution in [0.1, 0.15) is 6.92 Å². The number of amides is 2. The van der Waals surface area contributed by atoms with E-state index in [4.69, 9.17) is 9.84 Å². The third-order valence-electron chi connectivity index (χ3n) is 2.01. The predicted octanol–water partition coefficient (Wildman–Crippen LogP) is -0.499. The molecule has 1 rings (SSSR count). The average molecular weight is 202 g/mol. The number of carboxylic acid groups (broad SMARTS) is 1. The minimum atomic E-state index is -1.04. The number of rotatable bonds is 2. The summed E-state index contributed by atoms with van der Waals surface area (Å²) in [5, 5.41) is 11.0. The maximum absolute atomic E-state index is 11.4. The second-order valence-electron chi connectivity index (χ2n) is 3.11. The average Bonchev–Trinajstić information content (AvgIpc) is 2.19. The van der Waals surface area contributed by atoms with E-state index < -0.39 is 12.0 Å². The van der Waals surface area contributed by atoms with Gasteiger partial charge in [-0.15, -0.1) is 0 Å². The Kier molecular flexibility index (Phi) is 3.70. The minimum Gasteiger partial charge on any atom is -0.480 e. The molecule has 1 heterocycles. The van der Waals surface area contributed by atoms with Crippen molar-refractivity contribution in [1.29, 1.82) is 0 Å². The van der Waals surface area contributed by atoms with Crippen molar-refractivity contribution < 1.29 is 19.4 Å². The largest absolute Gasteiger partial charge is 0.480 e. The summed E-state index contributed by atoms with van der Waals surface area (Å²) < 4.78 is 5.06. The Bertz CT molecular complexity index is 225. The molecule has 0 aromatic heterocycles. The highest BCUT2D eigenvalue weighted by atomic mass is 16.5. The second-order valence-corrected chi connectivity index (χ2v) is 3.11. The molecule has 6 heteroatoms. The zero-order valence-corrected chi connectivity index (χ0v) is 8.02. The van der Waals surface area contributed by atoms with Crippen molar-refractivity contribution in [3.63, 3.8) is 0 Å². The summed E-state index contributed by atoms with van der Waals surface area (Å²) in [6, 6.07) is -1.20. The molecule has 1 aliphatic heterocycles.